The summed E-state index contributed by atoms with van der Waals surface area (Å²) >= 11 is 0. The normalized spacial score (nSPS) is 20.6. The van der Waals surface area contributed by atoms with E-state index in [1.807, 2.05) is 42.6 Å². The van der Waals surface area contributed by atoms with E-state index < -0.39 is 0 Å². The first-order valence-electron chi connectivity index (χ1n) is 19.9. The molecule has 0 amide bonds. The first kappa shape index (κ1) is 34.1. The van der Waals surface area contributed by atoms with E-state index in [1.54, 1.807) is 0 Å². The van der Waals surface area contributed by atoms with Crippen molar-refractivity contribution in [1.29, 1.82) is 5.26 Å². The zero-order chi connectivity index (χ0) is 37.8. The molecule has 0 spiro atoms. The highest BCUT2D eigenvalue weighted by Gasteiger charge is 2.45. The summed E-state index contributed by atoms with van der Waals surface area (Å²) in [5.41, 5.74) is 10.2. The summed E-state index contributed by atoms with van der Waals surface area (Å²) in [7, 11) is 0. The van der Waals surface area contributed by atoms with Crippen molar-refractivity contribution < 1.29 is 0 Å². The average Bonchev–Trinajstić information content (AvgIpc) is 3.58. The van der Waals surface area contributed by atoms with E-state index in [2.05, 4.69) is 122 Å². The van der Waals surface area contributed by atoms with Gasteiger partial charge in [0.1, 0.15) is 5.65 Å². The Labute approximate surface area is 327 Å². The Kier molecular flexibility index (Phi) is 8.33. The van der Waals surface area contributed by atoms with Crippen LogP contribution in [0, 0.1) is 29.1 Å². The third-order valence-corrected chi connectivity index (χ3v) is 12.3. The van der Waals surface area contributed by atoms with Gasteiger partial charge in [0.2, 0.25) is 0 Å². The van der Waals surface area contributed by atoms with Crippen LogP contribution < -0.4 is 0 Å². The van der Waals surface area contributed by atoms with E-state index in [0.717, 1.165) is 73.2 Å². The Morgan fingerprint density at radius 3 is 1.84 bits per heavy atom. The summed E-state index contributed by atoms with van der Waals surface area (Å²) in [6.45, 7) is 4.90. The molecule has 2 unspecified atom stereocenters. The summed E-state index contributed by atoms with van der Waals surface area (Å²) in [6, 6.07) is 48.3. The second-order valence-corrected chi connectivity index (χ2v) is 16.3. The lowest BCUT2D eigenvalue weighted by molar-refractivity contribution is 0.0780. The smallest absolute Gasteiger partial charge is 0.164 e. The lowest BCUT2D eigenvalue weighted by Crippen LogP contribution is -2.42. The van der Waals surface area contributed by atoms with Gasteiger partial charge < -0.3 is 0 Å². The minimum atomic E-state index is 0.250. The van der Waals surface area contributed by atoms with Crippen LogP contribution in [0.3, 0.4) is 0 Å². The quantitative estimate of drug-likeness (QED) is 0.170. The predicted octanol–water partition coefficient (Wildman–Crippen LogP) is 12.0. The molecule has 56 heavy (non-hydrogen) atoms. The molecule has 2 aliphatic carbocycles. The van der Waals surface area contributed by atoms with Crippen molar-refractivity contribution >= 4 is 21.9 Å². The van der Waals surface area contributed by atoms with Crippen LogP contribution in [0.2, 0.25) is 0 Å². The molecule has 2 aliphatic rings. The number of benzene rings is 5. The minimum Gasteiger partial charge on any atom is -0.294 e. The molecule has 2 fully saturated rings. The van der Waals surface area contributed by atoms with Crippen LogP contribution in [0.25, 0.3) is 72.9 Å². The van der Waals surface area contributed by atoms with E-state index in [-0.39, 0.29) is 5.41 Å². The second kappa shape index (κ2) is 13.7. The highest BCUT2D eigenvalue weighted by molar-refractivity contribution is 6.14. The number of hydrogen-bond acceptors (Lipinski definition) is 5. The first-order valence-corrected chi connectivity index (χ1v) is 19.9. The molecule has 8 aromatic rings. The number of nitrogens with zero attached hydrogens (tertiary/aromatic N) is 6. The molecule has 10 rings (SSSR count). The fourth-order valence-corrected chi connectivity index (χ4v) is 10.2. The Hall–Kier alpha value is -6.45. The van der Waals surface area contributed by atoms with Crippen molar-refractivity contribution in [1.82, 2.24) is 24.5 Å². The van der Waals surface area contributed by atoms with Gasteiger partial charge in [0.25, 0.3) is 0 Å². The topological polar surface area (TPSA) is 80.3 Å². The van der Waals surface area contributed by atoms with Crippen LogP contribution in [0.4, 0.5) is 0 Å². The van der Waals surface area contributed by atoms with Gasteiger partial charge >= 0.3 is 0 Å². The summed E-state index contributed by atoms with van der Waals surface area (Å²) in [6.07, 6.45) is 8.42. The van der Waals surface area contributed by atoms with Crippen LogP contribution in [-0.2, 0) is 5.41 Å². The SMILES string of the molecule is C[C@@H]1CC2C[C@H](C)CC(c3ccc(-c4nc(-c5ccc(-c6ccc(C#N)cc6)cc5)nc(-c5ccnc6c5c5ccccc5n6-c5ccccc5)n4)cc3)(C2)C1. The van der Waals surface area contributed by atoms with Gasteiger partial charge in [0.15, 0.2) is 17.5 Å². The van der Waals surface area contributed by atoms with Crippen molar-refractivity contribution in [2.75, 3.05) is 0 Å². The molecule has 5 aromatic carbocycles. The molecule has 2 saturated carbocycles. The van der Waals surface area contributed by atoms with Gasteiger partial charge in [-0.25, -0.2) is 19.9 Å². The van der Waals surface area contributed by atoms with Crippen molar-refractivity contribution in [3.05, 3.63) is 151 Å². The first-order chi connectivity index (χ1) is 27.4. The molecule has 0 saturated heterocycles. The summed E-state index contributed by atoms with van der Waals surface area (Å²) < 4.78 is 2.22. The Bertz CT molecular complexity index is 2740. The fraction of sp³-hybridized carbons (Fsp3) is 0.220. The van der Waals surface area contributed by atoms with Crippen LogP contribution in [0.15, 0.2) is 140 Å². The molecule has 3 heterocycles. The third kappa shape index (κ3) is 5.95. The van der Waals surface area contributed by atoms with Crippen LogP contribution >= 0.6 is 0 Å². The summed E-state index contributed by atoms with van der Waals surface area (Å²) in [5.74, 6) is 4.20. The monoisotopic (exact) mass is 726 g/mol. The maximum atomic E-state index is 9.29. The van der Waals surface area contributed by atoms with Crippen molar-refractivity contribution in [2.45, 2.75) is 51.4 Å². The Morgan fingerprint density at radius 1 is 0.607 bits per heavy atom. The Morgan fingerprint density at radius 2 is 1.18 bits per heavy atom. The van der Waals surface area contributed by atoms with Gasteiger partial charge in [-0.15, -0.1) is 0 Å². The number of nitriles is 1. The zero-order valence-electron chi connectivity index (χ0n) is 31.7. The average molecular weight is 727 g/mol. The molecule has 2 bridgehead atoms. The molecular formula is C50H42N6. The van der Waals surface area contributed by atoms with Crippen molar-refractivity contribution in [2.24, 2.45) is 17.8 Å². The maximum absolute atomic E-state index is 9.29. The van der Waals surface area contributed by atoms with Crippen LogP contribution in [-0.4, -0.2) is 24.5 Å². The van der Waals surface area contributed by atoms with Crippen LogP contribution in [0.1, 0.15) is 57.1 Å². The van der Waals surface area contributed by atoms with Gasteiger partial charge in [-0.3, -0.25) is 4.57 Å². The number of rotatable bonds is 6. The molecule has 0 aliphatic heterocycles. The van der Waals surface area contributed by atoms with Gasteiger partial charge in [0.05, 0.1) is 17.1 Å². The van der Waals surface area contributed by atoms with Crippen LogP contribution in [0.5, 0.6) is 0 Å². The molecule has 4 atom stereocenters. The Balaban J connectivity index is 1.12. The molecule has 6 nitrogen and oxygen atoms in total. The molecule has 3 aromatic heterocycles. The largest absolute Gasteiger partial charge is 0.294 e. The molecule has 0 N–H and O–H groups in total. The fourth-order valence-electron chi connectivity index (χ4n) is 10.2. The van der Waals surface area contributed by atoms with Gasteiger partial charge in [-0.2, -0.15) is 5.26 Å². The number of hydrogen-bond donors (Lipinski definition) is 0. The summed E-state index contributed by atoms with van der Waals surface area (Å²) in [5, 5.41) is 11.4. The number of para-hydroxylation sites is 2. The van der Waals surface area contributed by atoms with Gasteiger partial charge in [0, 0.05) is 39.3 Å². The molecule has 6 heteroatoms. The molecule has 272 valence electrons. The minimum absolute atomic E-state index is 0.250. The van der Waals surface area contributed by atoms with E-state index in [4.69, 9.17) is 19.9 Å². The maximum Gasteiger partial charge on any atom is 0.164 e. The lowest BCUT2D eigenvalue weighted by atomic mass is 9.54. The molecule has 0 radical (unpaired) electrons. The standard InChI is InChI=1S/C50H42N6/c1-32-26-35-27-33(2)29-50(28-32,30-35)40-22-20-39(21-23-40)47-53-46(38-18-16-37(17-19-38)36-14-12-34(31-51)13-15-36)54-48(55-47)43-24-25-52-49-45(43)42-10-6-7-11-44(42)56(49)41-8-4-3-5-9-41/h3-25,32-33,35H,26-30H2,1-2H3/t32-,33+,35?,50?. The lowest BCUT2D eigenvalue weighted by Gasteiger charge is -2.50. The summed E-state index contributed by atoms with van der Waals surface area (Å²) in [4.78, 5) is 20.6. The van der Waals surface area contributed by atoms with E-state index >= 15 is 0 Å². The highest BCUT2D eigenvalue weighted by atomic mass is 15.1. The molecular weight excluding hydrogens is 685 g/mol. The number of fused-ring (bicyclic) bond motifs is 5. The number of pyridine rings is 1. The van der Waals surface area contributed by atoms with Gasteiger partial charge in [-0.05, 0) is 108 Å². The van der Waals surface area contributed by atoms with Crippen molar-refractivity contribution in [3.8, 4) is 57.0 Å². The van der Waals surface area contributed by atoms with Crippen molar-refractivity contribution in [3.63, 3.8) is 0 Å². The highest BCUT2D eigenvalue weighted by Crippen LogP contribution is 2.54. The van der Waals surface area contributed by atoms with Gasteiger partial charge in [-0.1, -0.05) is 111 Å². The van der Waals surface area contributed by atoms with E-state index in [1.165, 1.54) is 37.7 Å². The zero-order valence-corrected chi connectivity index (χ0v) is 31.7. The third-order valence-electron chi connectivity index (χ3n) is 12.3. The van der Waals surface area contributed by atoms with E-state index in [9.17, 15) is 5.26 Å². The second-order valence-electron chi connectivity index (χ2n) is 16.3. The predicted molar refractivity (Wildman–Crippen MR) is 225 cm³/mol. The van der Waals surface area contributed by atoms with E-state index in [0.29, 0.717) is 23.0 Å². The number of aromatic nitrogens is 5.